The second-order valence-electron chi connectivity index (χ2n) is 16.4. The summed E-state index contributed by atoms with van der Waals surface area (Å²) in [7, 11) is 0. The second kappa shape index (κ2) is 16.1. The lowest BCUT2D eigenvalue weighted by atomic mass is 9.81. The van der Waals surface area contributed by atoms with Gasteiger partial charge in [0, 0.05) is 18.4 Å². The first kappa shape index (κ1) is 42.2. The molecule has 6 rings (SSSR count). The van der Waals surface area contributed by atoms with Crippen molar-refractivity contribution in [3.8, 4) is 11.1 Å². The Morgan fingerprint density at radius 1 is 0.897 bits per heavy atom. The van der Waals surface area contributed by atoms with Crippen LogP contribution in [0.4, 0.5) is 32.4 Å². The van der Waals surface area contributed by atoms with Crippen LogP contribution in [0.15, 0.2) is 54.6 Å². The summed E-state index contributed by atoms with van der Waals surface area (Å²) in [4.78, 5) is 55.2. The van der Waals surface area contributed by atoms with Crippen molar-refractivity contribution in [1.29, 1.82) is 0 Å². The number of carbonyl (C=O) groups is 3. The molecule has 3 amide bonds. The molecule has 16 heteroatoms. The van der Waals surface area contributed by atoms with Crippen molar-refractivity contribution in [2.75, 3.05) is 11.4 Å². The Balaban J connectivity index is 1.22. The van der Waals surface area contributed by atoms with Gasteiger partial charge in [0.15, 0.2) is 5.82 Å². The first-order valence-electron chi connectivity index (χ1n) is 19.3. The maximum absolute atomic E-state index is 14.3. The molecule has 5 N–H and O–H groups in total. The Hall–Kier alpha value is -5.38. The number of imide groups is 1. The largest absolute Gasteiger partial charge is 0.461 e. The van der Waals surface area contributed by atoms with Gasteiger partial charge in [0.25, 0.3) is 5.91 Å². The lowest BCUT2D eigenvalue weighted by Crippen LogP contribution is -2.50. The van der Waals surface area contributed by atoms with Crippen molar-refractivity contribution in [3.63, 3.8) is 0 Å². The van der Waals surface area contributed by atoms with E-state index in [9.17, 15) is 36.3 Å². The number of ether oxygens (including phenoxy) is 1. The summed E-state index contributed by atoms with van der Waals surface area (Å²) in [6, 6.07) is 13.9. The minimum atomic E-state index is -5.91. The number of nitrogens with zero attached hydrogens (tertiary/aromatic N) is 3. The predicted octanol–water partition coefficient (Wildman–Crippen LogP) is 8.95. The molecule has 0 radical (unpaired) electrons. The van der Waals surface area contributed by atoms with Gasteiger partial charge >= 0.3 is 18.2 Å². The number of halogens is 5. The van der Waals surface area contributed by atoms with E-state index in [0.717, 1.165) is 44.5 Å². The van der Waals surface area contributed by atoms with Crippen LogP contribution in [0.25, 0.3) is 33.2 Å². The standard InChI is InChI=1S/C42H48F5N7O4/c1-22(2)35-50-32-17-23(3)29(20-34(32)51-35)26-11-7-24(8-12-26)18-30(48)37(56)54(28-15-16-31-33(19-28)53-38(52-31)41(43,44)42(45,46)47)36(55)27-13-9-25(10-14-27)21-49-39(57)58-40(4,5)6/h7-8,11-12,15-17,19-20,22,25,27,30H,9-10,13-14,18,21,48H2,1-6H3,(H,49,57)(H,50,51)(H,52,53)/t25?,27?,30-/m0/s1. The summed E-state index contributed by atoms with van der Waals surface area (Å²) in [6.07, 6.45) is -4.58. The normalized spacial score (nSPS) is 17.1. The van der Waals surface area contributed by atoms with Crippen molar-refractivity contribution in [3.05, 3.63) is 77.4 Å². The summed E-state index contributed by atoms with van der Waals surface area (Å²) in [5.41, 5.74) is 10.8. The fourth-order valence-corrected chi connectivity index (χ4v) is 7.22. The molecule has 0 bridgehead atoms. The predicted molar refractivity (Wildman–Crippen MR) is 210 cm³/mol. The molecule has 1 aliphatic carbocycles. The number of imidazole rings is 2. The highest BCUT2D eigenvalue weighted by molar-refractivity contribution is 6.17. The number of rotatable bonds is 10. The van der Waals surface area contributed by atoms with Gasteiger partial charge in [-0.3, -0.25) is 9.59 Å². The number of aromatic amines is 2. The maximum Gasteiger partial charge on any atom is 0.461 e. The van der Waals surface area contributed by atoms with E-state index >= 15 is 0 Å². The highest BCUT2D eigenvalue weighted by atomic mass is 19.4. The van der Waals surface area contributed by atoms with Crippen molar-refractivity contribution >= 4 is 45.7 Å². The summed E-state index contributed by atoms with van der Waals surface area (Å²) < 4.78 is 73.3. The lowest BCUT2D eigenvalue weighted by Gasteiger charge is -2.32. The number of fused-ring (bicyclic) bond motifs is 2. The number of hydrogen-bond acceptors (Lipinski definition) is 7. The molecule has 5 aromatic rings. The Kier molecular flexibility index (Phi) is 11.7. The SMILES string of the molecule is Cc1cc2[nH]c(C(C)C)nc2cc1-c1ccc(C[C@H](N)C(=O)N(C(=O)C2CCC(CNC(=O)OC(C)(C)C)CC2)c2ccc3nc(C(F)(F)C(F)(F)F)[nH]c3c2)cc1. The van der Waals surface area contributed by atoms with Gasteiger partial charge in [-0.05, 0) is 118 Å². The fraction of sp³-hybridized carbons (Fsp3) is 0.452. The molecule has 0 unspecified atom stereocenters. The number of carbonyl (C=O) groups excluding carboxylic acids is 3. The van der Waals surface area contributed by atoms with Gasteiger partial charge in [0.05, 0.1) is 33.8 Å². The van der Waals surface area contributed by atoms with Gasteiger partial charge in [-0.1, -0.05) is 38.1 Å². The molecule has 2 heterocycles. The summed E-state index contributed by atoms with van der Waals surface area (Å²) in [6.45, 7) is 11.7. The first-order chi connectivity index (χ1) is 27.1. The molecule has 58 heavy (non-hydrogen) atoms. The van der Waals surface area contributed by atoms with E-state index < -0.39 is 53.4 Å². The van der Waals surface area contributed by atoms with Crippen LogP contribution in [-0.2, 0) is 26.7 Å². The van der Waals surface area contributed by atoms with Gasteiger partial charge in [-0.2, -0.15) is 22.0 Å². The van der Waals surface area contributed by atoms with Crippen LogP contribution in [0.2, 0.25) is 0 Å². The zero-order chi connectivity index (χ0) is 42.3. The molecule has 0 saturated heterocycles. The number of aromatic nitrogens is 4. The minimum absolute atomic E-state index is 0.0371. The first-order valence-corrected chi connectivity index (χ1v) is 19.3. The van der Waals surface area contributed by atoms with Gasteiger partial charge in [-0.15, -0.1) is 0 Å². The Labute approximate surface area is 332 Å². The third-order valence-corrected chi connectivity index (χ3v) is 10.4. The molecule has 3 aromatic carbocycles. The smallest absolute Gasteiger partial charge is 0.444 e. The summed E-state index contributed by atoms with van der Waals surface area (Å²) in [5.74, 6) is -7.71. The number of benzene rings is 3. The molecule has 1 fully saturated rings. The monoisotopic (exact) mass is 809 g/mol. The number of anilines is 1. The van der Waals surface area contributed by atoms with E-state index in [2.05, 4.69) is 29.1 Å². The van der Waals surface area contributed by atoms with E-state index in [1.54, 1.807) is 20.8 Å². The van der Waals surface area contributed by atoms with Crippen molar-refractivity contribution in [1.82, 2.24) is 25.3 Å². The third-order valence-electron chi connectivity index (χ3n) is 10.4. The van der Waals surface area contributed by atoms with E-state index in [-0.39, 0.29) is 35.0 Å². The average Bonchev–Trinajstić information content (AvgIpc) is 3.78. The lowest BCUT2D eigenvalue weighted by molar-refractivity contribution is -0.292. The highest BCUT2D eigenvalue weighted by Crippen LogP contribution is 2.43. The molecule has 0 aliphatic heterocycles. The second-order valence-corrected chi connectivity index (χ2v) is 16.4. The average molecular weight is 810 g/mol. The van der Waals surface area contributed by atoms with E-state index in [4.69, 9.17) is 15.5 Å². The zero-order valence-corrected chi connectivity index (χ0v) is 33.2. The fourth-order valence-electron chi connectivity index (χ4n) is 7.22. The molecule has 11 nitrogen and oxygen atoms in total. The van der Waals surface area contributed by atoms with E-state index in [1.165, 1.54) is 12.1 Å². The molecular formula is C42H48F5N7O4. The van der Waals surface area contributed by atoms with Gasteiger partial charge < -0.3 is 25.8 Å². The van der Waals surface area contributed by atoms with Crippen molar-refractivity contribution in [2.24, 2.45) is 17.6 Å². The molecule has 1 saturated carbocycles. The highest BCUT2D eigenvalue weighted by Gasteiger charge is 2.61. The Morgan fingerprint density at radius 2 is 1.55 bits per heavy atom. The Bertz CT molecular complexity index is 2300. The topological polar surface area (TPSA) is 159 Å². The van der Waals surface area contributed by atoms with Crippen LogP contribution >= 0.6 is 0 Å². The number of alkyl carbamates (subject to hydrolysis) is 1. The molecule has 310 valence electrons. The van der Waals surface area contributed by atoms with Crippen LogP contribution < -0.4 is 16.0 Å². The molecule has 2 aromatic heterocycles. The van der Waals surface area contributed by atoms with Crippen LogP contribution in [0.1, 0.15) is 89.0 Å². The molecule has 0 spiro atoms. The van der Waals surface area contributed by atoms with Crippen LogP contribution in [0.3, 0.4) is 0 Å². The summed E-state index contributed by atoms with van der Waals surface area (Å²) >= 11 is 0. The van der Waals surface area contributed by atoms with E-state index in [1.807, 2.05) is 48.3 Å². The number of alkyl halides is 5. The molecular weight excluding hydrogens is 761 g/mol. The zero-order valence-electron chi connectivity index (χ0n) is 33.2. The molecule has 1 atom stereocenters. The van der Waals surface area contributed by atoms with E-state index in [0.29, 0.717) is 37.8 Å². The number of nitrogens with two attached hydrogens (primary N) is 1. The van der Waals surface area contributed by atoms with Crippen LogP contribution in [0, 0.1) is 18.8 Å². The van der Waals surface area contributed by atoms with Gasteiger partial charge in [0.2, 0.25) is 5.91 Å². The number of hydrogen-bond donors (Lipinski definition) is 4. The number of amides is 3. The van der Waals surface area contributed by atoms with Crippen molar-refractivity contribution < 1.29 is 41.1 Å². The van der Waals surface area contributed by atoms with Gasteiger partial charge in [-0.25, -0.2) is 19.7 Å². The number of nitrogens with one attached hydrogen (secondary N) is 3. The maximum atomic E-state index is 14.3. The Morgan fingerprint density at radius 3 is 2.17 bits per heavy atom. The van der Waals surface area contributed by atoms with Crippen molar-refractivity contribution in [2.45, 2.75) is 103 Å². The van der Waals surface area contributed by atoms with Crippen LogP contribution in [0.5, 0.6) is 0 Å². The number of H-pyrrole nitrogens is 2. The molecule has 1 aliphatic rings. The van der Waals surface area contributed by atoms with Gasteiger partial charge in [0.1, 0.15) is 11.4 Å². The summed E-state index contributed by atoms with van der Waals surface area (Å²) in [5, 5.41) is 2.76. The quantitative estimate of drug-likeness (QED) is 0.103. The number of aryl methyl sites for hydroxylation is 1. The van der Waals surface area contributed by atoms with Crippen LogP contribution in [-0.4, -0.2) is 62.2 Å². The minimum Gasteiger partial charge on any atom is -0.444 e. The third kappa shape index (κ3) is 9.16.